The van der Waals surface area contributed by atoms with Gasteiger partial charge in [-0.3, -0.25) is 4.98 Å². The molecule has 2 rings (SSSR count). The van der Waals surface area contributed by atoms with Gasteiger partial charge < -0.3 is 5.32 Å². The molecule has 2 heterocycles. The van der Waals surface area contributed by atoms with Crippen LogP contribution in [0.25, 0.3) is 0 Å². The van der Waals surface area contributed by atoms with Crippen molar-refractivity contribution in [2.75, 3.05) is 6.54 Å². The molecule has 1 unspecified atom stereocenters. The number of hydrogen-bond acceptors (Lipinski definition) is 4. The van der Waals surface area contributed by atoms with Gasteiger partial charge in [-0.25, -0.2) is 9.67 Å². The number of pyridine rings is 1. The van der Waals surface area contributed by atoms with Crippen molar-refractivity contribution >= 4 is 0 Å². The van der Waals surface area contributed by atoms with Crippen LogP contribution >= 0.6 is 0 Å². The molecule has 0 aromatic carbocycles. The molecular weight excluding hydrogens is 262 g/mol. The van der Waals surface area contributed by atoms with E-state index in [1.807, 2.05) is 17.8 Å². The Morgan fingerprint density at radius 2 is 2.05 bits per heavy atom. The summed E-state index contributed by atoms with van der Waals surface area (Å²) < 4.78 is 1.99. The standard InChI is InChI=1S/C16H25N5/c1-5-8-17-15(14-7-6-13(4)18-10-14)9-16-19-11-20-21(16)12(2)3/h6-7,10-12,15,17H,5,8-9H2,1-4H3. The fourth-order valence-electron chi connectivity index (χ4n) is 2.35. The van der Waals surface area contributed by atoms with Gasteiger partial charge in [-0.05, 0) is 45.4 Å². The Hall–Kier alpha value is -1.75. The van der Waals surface area contributed by atoms with Crippen molar-refractivity contribution in [3.05, 3.63) is 41.7 Å². The van der Waals surface area contributed by atoms with E-state index in [0.717, 1.165) is 30.9 Å². The molecule has 2 aromatic rings. The molecule has 0 saturated carbocycles. The van der Waals surface area contributed by atoms with E-state index >= 15 is 0 Å². The largest absolute Gasteiger partial charge is 0.310 e. The molecule has 5 nitrogen and oxygen atoms in total. The summed E-state index contributed by atoms with van der Waals surface area (Å²) in [5, 5.41) is 7.91. The maximum absolute atomic E-state index is 4.42. The second kappa shape index (κ2) is 7.31. The fraction of sp³-hybridized carbons (Fsp3) is 0.562. The van der Waals surface area contributed by atoms with Crippen LogP contribution in [-0.4, -0.2) is 26.3 Å². The van der Waals surface area contributed by atoms with Gasteiger partial charge in [0.25, 0.3) is 0 Å². The van der Waals surface area contributed by atoms with Gasteiger partial charge in [-0.2, -0.15) is 5.10 Å². The smallest absolute Gasteiger partial charge is 0.138 e. The zero-order valence-electron chi connectivity index (χ0n) is 13.4. The molecule has 0 fully saturated rings. The lowest BCUT2D eigenvalue weighted by Gasteiger charge is -2.19. The Kier molecular flexibility index (Phi) is 5.44. The molecule has 0 spiro atoms. The first-order chi connectivity index (χ1) is 10.1. The molecule has 0 amide bonds. The van der Waals surface area contributed by atoms with Crippen molar-refractivity contribution in [2.24, 2.45) is 0 Å². The number of nitrogens with zero attached hydrogens (tertiary/aromatic N) is 4. The maximum atomic E-state index is 4.42. The molecule has 5 heteroatoms. The Labute approximate surface area is 126 Å². The van der Waals surface area contributed by atoms with Crippen LogP contribution < -0.4 is 5.32 Å². The van der Waals surface area contributed by atoms with Crippen LogP contribution in [0.4, 0.5) is 0 Å². The Bertz CT molecular complexity index is 544. The molecule has 21 heavy (non-hydrogen) atoms. The molecule has 0 aliphatic carbocycles. The Morgan fingerprint density at radius 1 is 1.24 bits per heavy atom. The van der Waals surface area contributed by atoms with Crippen molar-refractivity contribution in [3.63, 3.8) is 0 Å². The number of hydrogen-bond donors (Lipinski definition) is 1. The number of nitrogens with one attached hydrogen (secondary N) is 1. The van der Waals surface area contributed by atoms with Gasteiger partial charge in [0.1, 0.15) is 12.2 Å². The minimum Gasteiger partial charge on any atom is -0.310 e. The lowest BCUT2D eigenvalue weighted by Crippen LogP contribution is -2.26. The van der Waals surface area contributed by atoms with Crippen LogP contribution in [0, 0.1) is 6.92 Å². The molecule has 0 aliphatic heterocycles. The summed E-state index contributed by atoms with van der Waals surface area (Å²) in [4.78, 5) is 8.83. The van der Waals surface area contributed by atoms with Crippen LogP contribution in [0.3, 0.4) is 0 Å². The third-order valence-electron chi connectivity index (χ3n) is 3.50. The highest BCUT2D eigenvalue weighted by molar-refractivity contribution is 5.18. The molecular formula is C16H25N5. The SMILES string of the molecule is CCCNC(Cc1ncnn1C(C)C)c1ccc(C)nc1. The normalized spacial score (nSPS) is 12.8. The third-order valence-corrected chi connectivity index (χ3v) is 3.50. The predicted molar refractivity (Wildman–Crippen MR) is 84.1 cm³/mol. The Morgan fingerprint density at radius 3 is 2.67 bits per heavy atom. The zero-order chi connectivity index (χ0) is 15.2. The molecule has 0 aliphatic rings. The summed E-state index contributed by atoms with van der Waals surface area (Å²) in [6, 6.07) is 4.75. The highest BCUT2D eigenvalue weighted by Gasteiger charge is 2.16. The van der Waals surface area contributed by atoms with Crippen molar-refractivity contribution in [3.8, 4) is 0 Å². The van der Waals surface area contributed by atoms with Crippen molar-refractivity contribution in [1.29, 1.82) is 0 Å². The van der Waals surface area contributed by atoms with E-state index in [-0.39, 0.29) is 6.04 Å². The fourth-order valence-corrected chi connectivity index (χ4v) is 2.35. The van der Waals surface area contributed by atoms with Gasteiger partial charge in [0, 0.05) is 30.4 Å². The summed E-state index contributed by atoms with van der Waals surface area (Å²) in [6.45, 7) is 9.41. The van der Waals surface area contributed by atoms with E-state index in [1.54, 1.807) is 6.33 Å². The monoisotopic (exact) mass is 287 g/mol. The number of aromatic nitrogens is 4. The average molecular weight is 287 g/mol. The third kappa shape index (κ3) is 4.11. The topological polar surface area (TPSA) is 55.6 Å². The van der Waals surface area contributed by atoms with Gasteiger partial charge in [-0.15, -0.1) is 0 Å². The Balaban J connectivity index is 2.19. The minimum absolute atomic E-state index is 0.222. The summed E-state index contributed by atoms with van der Waals surface area (Å²) in [5.74, 6) is 1.01. The van der Waals surface area contributed by atoms with Crippen molar-refractivity contribution < 1.29 is 0 Å². The lowest BCUT2D eigenvalue weighted by atomic mass is 10.0. The average Bonchev–Trinajstić information content (AvgIpc) is 2.93. The second-order valence-electron chi connectivity index (χ2n) is 5.66. The van der Waals surface area contributed by atoms with Gasteiger partial charge >= 0.3 is 0 Å². The quantitative estimate of drug-likeness (QED) is 0.851. The molecule has 2 aromatic heterocycles. The van der Waals surface area contributed by atoms with Crippen LogP contribution in [0.15, 0.2) is 24.7 Å². The second-order valence-corrected chi connectivity index (χ2v) is 5.66. The van der Waals surface area contributed by atoms with Gasteiger partial charge in [0.05, 0.1) is 0 Å². The molecule has 0 radical (unpaired) electrons. The highest BCUT2D eigenvalue weighted by Crippen LogP contribution is 2.18. The minimum atomic E-state index is 0.222. The highest BCUT2D eigenvalue weighted by atomic mass is 15.3. The summed E-state index contributed by atoms with van der Waals surface area (Å²) in [7, 11) is 0. The molecule has 0 saturated heterocycles. The van der Waals surface area contributed by atoms with E-state index in [9.17, 15) is 0 Å². The van der Waals surface area contributed by atoms with E-state index < -0.39 is 0 Å². The zero-order valence-corrected chi connectivity index (χ0v) is 13.4. The summed E-state index contributed by atoms with van der Waals surface area (Å²) >= 11 is 0. The van der Waals surface area contributed by atoms with Gasteiger partial charge in [0.2, 0.25) is 0 Å². The number of rotatable bonds is 7. The number of aryl methyl sites for hydroxylation is 1. The first-order valence-corrected chi connectivity index (χ1v) is 7.66. The van der Waals surface area contributed by atoms with E-state index in [2.05, 4.69) is 53.3 Å². The molecule has 1 atom stereocenters. The van der Waals surface area contributed by atoms with Gasteiger partial charge in [0.15, 0.2) is 0 Å². The lowest BCUT2D eigenvalue weighted by molar-refractivity contribution is 0.462. The predicted octanol–water partition coefficient (Wildman–Crippen LogP) is 2.85. The first-order valence-electron chi connectivity index (χ1n) is 7.66. The van der Waals surface area contributed by atoms with E-state index in [4.69, 9.17) is 0 Å². The van der Waals surface area contributed by atoms with Crippen LogP contribution in [0.1, 0.15) is 56.4 Å². The molecule has 1 N–H and O–H groups in total. The van der Waals surface area contributed by atoms with Crippen LogP contribution in [0.2, 0.25) is 0 Å². The van der Waals surface area contributed by atoms with E-state index in [0.29, 0.717) is 6.04 Å². The summed E-state index contributed by atoms with van der Waals surface area (Å²) in [5.41, 5.74) is 2.24. The summed E-state index contributed by atoms with van der Waals surface area (Å²) in [6.07, 6.45) is 5.52. The first kappa shape index (κ1) is 15.6. The van der Waals surface area contributed by atoms with Gasteiger partial charge in [-0.1, -0.05) is 13.0 Å². The van der Waals surface area contributed by atoms with Crippen LogP contribution in [0.5, 0.6) is 0 Å². The molecule has 114 valence electrons. The maximum Gasteiger partial charge on any atom is 0.138 e. The van der Waals surface area contributed by atoms with Crippen molar-refractivity contribution in [2.45, 2.75) is 52.6 Å². The van der Waals surface area contributed by atoms with Crippen LogP contribution in [-0.2, 0) is 6.42 Å². The van der Waals surface area contributed by atoms with E-state index in [1.165, 1.54) is 5.56 Å². The van der Waals surface area contributed by atoms with Crippen molar-refractivity contribution in [1.82, 2.24) is 25.1 Å². The molecule has 0 bridgehead atoms.